The zero-order valence-corrected chi connectivity index (χ0v) is 10.7. The second kappa shape index (κ2) is 6.17. The summed E-state index contributed by atoms with van der Waals surface area (Å²) < 4.78 is 0. The van der Waals surface area contributed by atoms with Gasteiger partial charge in [-0.1, -0.05) is 12.1 Å². The van der Waals surface area contributed by atoms with E-state index < -0.39 is 0 Å². The van der Waals surface area contributed by atoms with Crippen molar-refractivity contribution >= 4 is 18.1 Å². The lowest BCUT2D eigenvalue weighted by Gasteiger charge is -2.05. The molecule has 2 aromatic rings. The first-order chi connectivity index (χ1) is 8.15. The van der Waals surface area contributed by atoms with E-state index in [0.717, 1.165) is 23.2 Å². The quantitative estimate of drug-likeness (QED) is 0.591. The number of benzene rings is 2. The molecule has 4 N–H and O–H groups in total. The maximum Gasteiger partial charge on any atom is 0.119 e. The highest BCUT2D eigenvalue weighted by Gasteiger charge is 2.03. The van der Waals surface area contributed by atoms with E-state index in [2.05, 4.69) is 0 Å². The van der Waals surface area contributed by atoms with Gasteiger partial charge in [0.05, 0.1) is 0 Å². The van der Waals surface area contributed by atoms with Gasteiger partial charge in [-0.2, -0.15) is 0 Å². The highest BCUT2D eigenvalue weighted by atomic mass is 35.5. The second-order valence-electron chi connectivity index (χ2n) is 4.05. The molecule has 0 aromatic heterocycles. The number of hydrogen-bond donors (Lipinski definition) is 3. The van der Waals surface area contributed by atoms with Crippen molar-refractivity contribution in [2.24, 2.45) is 0 Å². The second-order valence-corrected chi connectivity index (χ2v) is 4.05. The van der Waals surface area contributed by atoms with Crippen LogP contribution >= 0.6 is 12.4 Å². The van der Waals surface area contributed by atoms with Gasteiger partial charge in [0, 0.05) is 5.69 Å². The van der Waals surface area contributed by atoms with Crippen LogP contribution in [0.2, 0.25) is 0 Å². The van der Waals surface area contributed by atoms with Gasteiger partial charge in [-0.25, -0.2) is 0 Å². The molecular weight excluding hydrogens is 250 g/mol. The lowest BCUT2D eigenvalue weighted by molar-refractivity contribution is 0.454. The third-order valence-electron chi connectivity index (χ3n) is 2.73. The van der Waals surface area contributed by atoms with Gasteiger partial charge in [0.25, 0.3) is 0 Å². The predicted octanol–water partition coefficient (Wildman–Crippen LogP) is 2.89. The number of phenols is 2. The van der Waals surface area contributed by atoms with Gasteiger partial charge >= 0.3 is 0 Å². The average Bonchev–Trinajstić information content (AvgIpc) is 2.32. The summed E-state index contributed by atoms with van der Waals surface area (Å²) in [7, 11) is 0. The molecule has 0 atom stereocenters. The molecule has 0 aliphatic rings. The van der Waals surface area contributed by atoms with Crippen molar-refractivity contribution in [3.63, 3.8) is 0 Å². The molecule has 18 heavy (non-hydrogen) atoms. The first-order valence-corrected chi connectivity index (χ1v) is 5.50. The molecule has 0 saturated carbocycles. The Morgan fingerprint density at radius 2 is 1.56 bits per heavy atom. The molecule has 4 heteroatoms. The molecule has 0 heterocycles. The van der Waals surface area contributed by atoms with Crippen LogP contribution in [0, 0.1) is 0 Å². The van der Waals surface area contributed by atoms with Crippen LogP contribution in [0.3, 0.4) is 0 Å². The van der Waals surface area contributed by atoms with Crippen LogP contribution in [0.1, 0.15) is 11.1 Å². The molecule has 0 aliphatic carbocycles. The lowest BCUT2D eigenvalue weighted by atomic mass is 10.0. The number of aryl methyl sites for hydroxylation is 2. The van der Waals surface area contributed by atoms with Crippen molar-refractivity contribution in [3.8, 4) is 11.5 Å². The Balaban J connectivity index is 0.00000162. The summed E-state index contributed by atoms with van der Waals surface area (Å²) in [4.78, 5) is 0. The van der Waals surface area contributed by atoms with Gasteiger partial charge in [-0.05, 0) is 54.3 Å². The number of nitrogens with two attached hydrogens (primary N) is 1. The molecule has 0 aliphatic heterocycles. The summed E-state index contributed by atoms with van der Waals surface area (Å²) in [6.45, 7) is 0. The van der Waals surface area contributed by atoms with E-state index in [4.69, 9.17) is 5.73 Å². The monoisotopic (exact) mass is 265 g/mol. The van der Waals surface area contributed by atoms with Gasteiger partial charge in [0.2, 0.25) is 0 Å². The van der Waals surface area contributed by atoms with Crippen molar-refractivity contribution in [2.75, 3.05) is 5.73 Å². The molecule has 2 aromatic carbocycles. The minimum Gasteiger partial charge on any atom is -0.508 e. The lowest BCUT2D eigenvalue weighted by Crippen LogP contribution is -1.92. The first-order valence-electron chi connectivity index (χ1n) is 5.50. The van der Waals surface area contributed by atoms with Crippen molar-refractivity contribution in [3.05, 3.63) is 53.6 Å². The number of nitrogen functional groups attached to an aromatic ring is 1. The Kier molecular flexibility index (Phi) is 4.86. The van der Waals surface area contributed by atoms with E-state index in [1.54, 1.807) is 6.07 Å². The Labute approximate surface area is 112 Å². The molecule has 0 fully saturated rings. The van der Waals surface area contributed by atoms with E-state index >= 15 is 0 Å². The molecule has 0 bridgehead atoms. The van der Waals surface area contributed by atoms with Crippen LogP contribution in [0.5, 0.6) is 11.5 Å². The third kappa shape index (κ3) is 3.57. The Morgan fingerprint density at radius 1 is 0.889 bits per heavy atom. The van der Waals surface area contributed by atoms with E-state index in [1.165, 1.54) is 12.1 Å². The van der Waals surface area contributed by atoms with Crippen LogP contribution in [-0.4, -0.2) is 10.2 Å². The fourth-order valence-corrected chi connectivity index (χ4v) is 1.74. The SMILES string of the molecule is Cl.Nc1ccc(CCc2cc(O)ccc2O)cc1. The molecule has 3 nitrogen and oxygen atoms in total. The van der Waals surface area contributed by atoms with Crippen LogP contribution in [0.4, 0.5) is 5.69 Å². The van der Waals surface area contributed by atoms with Crippen LogP contribution < -0.4 is 5.73 Å². The Morgan fingerprint density at radius 3 is 2.22 bits per heavy atom. The van der Waals surface area contributed by atoms with Crippen LogP contribution in [-0.2, 0) is 12.8 Å². The number of phenolic OH excluding ortho intramolecular Hbond substituents is 2. The predicted molar refractivity (Wildman–Crippen MR) is 75.3 cm³/mol. The van der Waals surface area contributed by atoms with Gasteiger partial charge < -0.3 is 15.9 Å². The summed E-state index contributed by atoms with van der Waals surface area (Å²) >= 11 is 0. The van der Waals surface area contributed by atoms with E-state index in [0.29, 0.717) is 6.42 Å². The molecule has 0 saturated heterocycles. The summed E-state index contributed by atoms with van der Waals surface area (Å²) in [5.74, 6) is 0.397. The standard InChI is InChI=1S/C14H15NO2.ClH/c15-12-5-2-10(3-6-12)1-4-11-9-13(16)7-8-14(11)17;/h2-3,5-9,16-17H,1,4,15H2;1H. The van der Waals surface area contributed by atoms with Gasteiger partial charge in [0.1, 0.15) is 11.5 Å². The number of rotatable bonds is 3. The Hall–Kier alpha value is -1.87. The number of hydrogen-bond acceptors (Lipinski definition) is 3. The minimum absolute atomic E-state index is 0. The topological polar surface area (TPSA) is 66.5 Å². The summed E-state index contributed by atoms with van der Waals surface area (Å²) in [5.41, 5.74) is 8.26. The zero-order chi connectivity index (χ0) is 12.3. The van der Waals surface area contributed by atoms with Crippen LogP contribution in [0.25, 0.3) is 0 Å². The molecule has 96 valence electrons. The van der Waals surface area contributed by atoms with E-state index in [9.17, 15) is 10.2 Å². The zero-order valence-electron chi connectivity index (χ0n) is 9.84. The fraction of sp³-hybridized carbons (Fsp3) is 0.143. The third-order valence-corrected chi connectivity index (χ3v) is 2.73. The van der Waals surface area contributed by atoms with Gasteiger partial charge in [-0.15, -0.1) is 12.4 Å². The number of aromatic hydroxyl groups is 2. The van der Waals surface area contributed by atoms with Gasteiger partial charge in [-0.3, -0.25) is 0 Å². The Bertz CT molecular complexity index is 512. The molecule has 0 amide bonds. The van der Waals surface area contributed by atoms with Gasteiger partial charge in [0.15, 0.2) is 0 Å². The number of halogens is 1. The first kappa shape index (κ1) is 14.2. The number of anilines is 1. The largest absolute Gasteiger partial charge is 0.508 e. The highest BCUT2D eigenvalue weighted by Crippen LogP contribution is 2.23. The smallest absolute Gasteiger partial charge is 0.119 e. The maximum absolute atomic E-state index is 9.63. The highest BCUT2D eigenvalue weighted by molar-refractivity contribution is 5.85. The maximum atomic E-state index is 9.63. The van der Waals surface area contributed by atoms with Crippen LogP contribution in [0.15, 0.2) is 42.5 Å². The fourth-order valence-electron chi connectivity index (χ4n) is 1.74. The molecule has 0 unspecified atom stereocenters. The molecule has 2 rings (SSSR count). The summed E-state index contributed by atoms with van der Waals surface area (Å²) in [5, 5.41) is 19.0. The van der Waals surface area contributed by atoms with Crippen molar-refractivity contribution in [1.29, 1.82) is 0 Å². The molecule has 0 radical (unpaired) electrons. The normalized spacial score (nSPS) is 9.78. The summed E-state index contributed by atoms with van der Waals surface area (Å²) in [6.07, 6.45) is 1.49. The van der Waals surface area contributed by atoms with Crippen molar-refractivity contribution in [1.82, 2.24) is 0 Å². The van der Waals surface area contributed by atoms with Crippen molar-refractivity contribution in [2.45, 2.75) is 12.8 Å². The molecule has 0 spiro atoms. The average molecular weight is 266 g/mol. The summed E-state index contributed by atoms with van der Waals surface area (Å²) in [6, 6.07) is 12.2. The minimum atomic E-state index is 0. The van der Waals surface area contributed by atoms with E-state index in [-0.39, 0.29) is 23.9 Å². The molecular formula is C14H16ClNO2. The van der Waals surface area contributed by atoms with Crippen molar-refractivity contribution < 1.29 is 10.2 Å². The van der Waals surface area contributed by atoms with E-state index in [1.807, 2.05) is 24.3 Å².